The zero-order chi connectivity index (χ0) is 24.7. The van der Waals surface area contributed by atoms with Crippen LogP contribution in [0.2, 0.25) is 0 Å². The maximum absolute atomic E-state index is 14.4. The Morgan fingerprint density at radius 3 is 2.11 bits per heavy atom. The summed E-state index contributed by atoms with van der Waals surface area (Å²) in [4.78, 5) is 42.3. The van der Waals surface area contributed by atoms with E-state index in [1.807, 2.05) is 12.1 Å². The number of carbonyl (C=O) groups is 3. The third-order valence-corrected chi connectivity index (χ3v) is 6.59. The first-order valence-electron chi connectivity index (χ1n) is 11.7. The standard InChI is InChI=1S/C28H25FN2O4/c1-3-4-15-35-20-13-10-18(11-14-20)24-25(28(34)30(24)19-12-9-17(2)23(29)16-19)31-26(32)21-7-5-6-8-22(21)27(31)33/h5-14,16,24-25H,3-4,15H2,1-2H3/t24-,25+/m1/s1. The van der Waals surface area contributed by atoms with E-state index in [0.717, 1.165) is 23.3 Å². The third-order valence-electron chi connectivity index (χ3n) is 6.59. The number of aryl methyl sites for hydroxylation is 1. The molecule has 0 aromatic heterocycles. The van der Waals surface area contributed by atoms with Crippen LogP contribution < -0.4 is 9.64 Å². The summed E-state index contributed by atoms with van der Waals surface area (Å²) in [5.74, 6) is -1.17. The van der Waals surface area contributed by atoms with E-state index >= 15 is 0 Å². The Labute approximate surface area is 202 Å². The predicted octanol–water partition coefficient (Wildman–Crippen LogP) is 5.07. The largest absolute Gasteiger partial charge is 0.494 e. The van der Waals surface area contributed by atoms with Gasteiger partial charge in [-0.1, -0.05) is 43.7 Å². The molecule has 0 saturated carbocycles. The number of ether oxygens (including phenoxy) is 1. The summed E-state index contributed by atoms with van der Waals surface area (Å²) < 4.78 is 20.1. The Hall–Kier alpha value is -4.00. The van der Waals surface area contributed by atoms with Crippen LogP contribution >= 0.6 is 0 Å². The van der Waals surface area contributed by atoms with Gasteiger partial charge in [0.15, 0.2) is 0 Å². The highest BCUT2D eigenvalue weighted by molar-refractivity contribution is 6.24. The van der Waals surface area contributed by atoms with Crippen LogP contribution in [0.25, 0.3) is 0 Å². The van der Waals surface area contributed by atoms with Crippen LogP contribution in [0.3, 0.4) is 0 Å². The van der Waals surface area contributed by atoms with Crippen molar-refractivity contribution in [2.75, 3.05) is 11.5 Å². The van der Waals surface area contributed by atoms with E-state index in [1.54, 1.807) is 55.5 Å². The summed E-state index contributed by atoms with van der Waals surface area (Å²) in [7, 11) is 0. The van der Waals surface area contributed by atoms with E-state index in [4.69, 9.17) is 4.74 Å². The highest BCUT2D eigenvalue weighted by Gasteiger charge is 2.57. The molecule has 6 nitrogen and oxygen atoms in total. The highest BCUT2D eigenvalue weighted by Crippen LogP contribution is 2.44. The van der Waals surface area contributed by atoms with Crippen LogP contribution in [-0.4, -0.2) is 35.3 Å². The fraction of sp³-hybridized carbons (Fsp3) is 0.250. The van der Waals surface area contributed by atoms with Gasteiger partial charge in [0.05, 0.1) is 23.8 Å². The number of halogens is 1. The zero-order valence-corrected chi connectivity index (χ0v) is 19.5. The number of imide groups is 1. The van der Waals surface area contributed by atoms with Gasteiger partial charge in [-0.2, -0.15) is 0 Å². The van der Waals surface area contributed by atoms with Crippen LogP contribution in [0.15, 0.2) is 66.7 Å². The van der Waals surface area contributed by atoms with Crippen LogP contribution in [0.1, 0.15) is 57.7 Å². The molecule has 0 N–H and O–H groups in total. The quantitative estimate of drug-likeness (QED) is 0.274. The van der Waals surface area contributed by atoms with E-state index < -0.39 is 35.6 Å². The smallest absolute Gasteiger partial charge is 0.262 e. The van der Waals surface area contributed by atoms with Crippen LogP contribution in [0.4, 0.5) is 10.1 Å². The Balaban J connectivity index is 1.52. The molecule has 1 fully saturated rings. The maximum Gasteiger partial charge on any atom is 0.262 e. The topological polar surface area (TPSA) is 66.9 Å². The van der Waals surface area contributed by atoms with Gasteiger partial charge in [0.1, 0.15) is 17.6 Å². The second kappa shape index (κ2) is 8.98. The van der Waals surface area contributed by atoms with Crippen molar-refractivity contribution in [1.82, 2.24) is 4.90 Å². The molecule has 2 atom stereocenters. The minimum Gasteiger partial charge on any atom is -0.494 e. The summed E-state index contributed by atoms with van der Waals surface area (Å²) >= 11 is 0. The molecule has 0 spiro atoms. The van der Waals surface area contributed by atoms with Crippen molar-refractivity contribution in [2.24, 2.45) is 0 Å². The van der Waals surface area contributed by atoms with E-state index in [9.17, 15) is 18.8 Å². The van der Waals surface area contributed by atoms with E-state index in [0.29, 0.717) is 23.6 Å². The Bertz CT molecular complexity index is 1290. The first-order valence-corrected chi connectivity index (χ1v) is 11.7. The number of nitrogens with zero attached hydrogens (tertiary/aromatic N) is 2. The Morgan fingerprint density at radius 1 is 0.857 bits per heavy atom. The van der Waals surface area contributed by atoms with Crippen LogP contribution in [0.5, 0.6) is 5.75 Å². The summed E-state index contributed by atoms with van der Waals surface area (Å²) in [6.07, 6.45) is 1.96. The van der Waals surface area contributed by atoms with Crippen molar-refractivity contribution in [3.8, 4) is 5.75 Å². The average Bonchev–Trinajstić information content (AvgIpc) is 3.11. The molecule has 5 rings (SSSR count). The van der Waals surface area contributed by atoms with Gasteiger partial charge in [0.2, 0.25) is 0 Å². The van der Waals surface area contributed by atoms with E-state index in [2.05, 4.69) is 6.92 Å². The monoisotopic (exact) mass is 472 g/mol. The molecule has 0 unspecified atom stereocenters. The SMILES string of the molecule is CCCCOc1ccc([C@@H]2[C@H](N3C(=O)c4ccccc4C3=O)C(=O)N2c2ccc(C)c(F)c2)cc1. The van der Waals surface area contributed by atoms with Crippen molar-refractivity contribution < 1.29 is 23.5 Å². The van der Waals surface area contributed by atoms with Gasteiger partial charge in [0, 0.05) is 5.69 Å². The van der Waals surface area contributed by atoms with Gasteiger partial charge in [-0.3, -0.25) is 19.3 Å². The molecule has 7 heteroatoms. The lowest BCUT2D eigenvalue weighted by atomic mass is 9.86. The molecule has 3 amide bonds. The first-order chi connectivity index (χ1) is 16.9. The second-order valence-corrected chi connectivity index (χ2v) is 8.83. The number of hydrogen-bond acceptors (Lipinski definition) is 4. The lowest BCUT2D eigenvalue weighted by molar-refractivity contribution is -0.130. The summed E-state index contributed by atoms with van der Waals surface area (Å²) in [5, 5.41) is 0. The minimum absolute atomic E-state index is 0.281. The molecule has 178 valence electrons. The molecular weight excluding hydrogens is 447 g/mol. The van der Waals surface area contributed by atoms with Crippen molar-refractivity contribution in [3.63, 3.8) is 0 Å². The number of benzene rings is 3. The van der Waals surface area contributed by atoms with Crippen molar-refractivity contribution >= 4 is 23.4 Å². The van der Waals surface area contributed by atoms with Gasteiger partial charge in [-0.15, -0.1) is 0 Å². The molecule has 0 aliphatic carbocycles. The Kier molecular flexibility index (Phi) is 5.84. The molecule has 3 aromatic carbocycles. The summed E-state index contributed by atoms with van der Waals surface area (Å²) in [6, 6.07) is 16.7. The van der Waals surface area contributed by atoms with Crippen molar-refractivity contribution in [3.05, 3.63) is 94.8 Å². The molecule has 2 heterocycles. The second-order valence-electron chi connectivity index (χ2n) is 8.83. The van der Waals surface area contributed by atoms with Crippen LogP contribution in [-0.2, 0) is 4.79 Å². The van der Waals surface area contributed by atoms with Crippen molar-refractivity contribution in [1.29, 1.82) is 0 Å². The van der Waals surface area contributed by atoms with Crippen molar-refractivity contribution in [2.45, 2.75) is 38.8 Å². The summed E-state index contributed by atoms with van der Waals surface area (Å²) in [5.41, 5.74) is 2.12. The molecular formula is C28H25FN2O4. The average molecular weight is 473 g/mol. The fourth-order valence-electron chi connectivity index (χ4n) is 4.63. The molecule has 1 saturated heterocycles. The number of anilines is 1. The van der Waals surface area contributed by atoms with E-state index in [1.165, 1.54) is 11.0 Å². The fourth-order valence-corrected chi connectivity index (χ4v) is 4.63. The zero-order valence-electron chi connectivity index (χ0n) is 19.5. The van der Waals surface area contributed by atoms with E-state index in [-0.39, 0.29) is 11.1 Å². The number of unbranched alkanes of at least 4 members (excludes halogenated alkanes) is 1. The van der Waals surface area contributed by atoms with Crippen LogP contribution in [0, 0.1) is 12.7 Å². The van der Waals surface area contributed by atoms with Gasteiger partial charge in [0.25, 0.3) is 17.7 Å². The van der Waals surface area contributed by atoms with Gasteiger partial charge < -0.3 is 9.64 Å². The van der Waals surface area contributed by atoms with Gasteiger partial charge in [-0.25, -0.2) is 4.39 Å². The van der Waals surface area contributed by atoms with Gasteiger partial charge >= 0.3 is 0 Å². The number of fused-ring (bicyclic) bond motifs is 1. The predicted molar refractivity (Wildman–Crippen MR) is 129 cm³/mol. The Morgan fingerprint density at radius 2 is 1.51 bits per heavy atom. The number of β-lactam (4-membered cyclic amide) rings is 1. The molecule has 3 aromatic rings. The third kappa shape index (κ3) is 3.77. The molecule has 2 aliphatic heterocycles. The van der Waals surface area contributed by atoms with Gasteiger partial charge in [-0.05, 0) is 60.9 Å². The first kappa shape index (κ1) is 22.8. The molecule has 0 radical (unpaired) electrons. The molecule has 2 aliphatic rings. The molecule has 35 heavy (non-hydrogen) atoms. The number of amides is 3. The minimum atomic E-state index is -1.03. The lowest BCUT2D eigenvalue weighted by Crippen LogP contribution is -2.67. The number of hydrogen-bond donors (Lipinski definition) is 0. The number of rotatable bonds is 7. The normalized spacial score (nSPS) is 19.1. The molecule has 0 bridgehead atoms. The maximum atomic E-state index is 14.4. The lowest BCUT2D eigenvalue weighted by Gasteiger charge is -2.49. The highest BCUT2D eigenvalue weighted by atomic mass is 19.1. The summed E-state index contributed by atoms with van der Waals surface area (Å²) in [6.45, 7) is 4.33. The number of carbonyl (C=O) groups excluding carboxylic acids is 3.